The first-order valence-corrected chi connectivity index (χ1v) is 14.9. The van der Waals surface area contributed by atoms with E-state index in [0.717, 1.165) is 56.8 Å². The summed E-state index contributed by atoms with van der Waals surface area (Å²) in [5.41, 5.74) is 2.02. The van der Waals surface area contributed by atoms with E-state index in [2.05, 4.69) is 17.0 Å². The van der Waals surface area contributed by atoms with E-state index in [9.17, 15) is 18.4 Å². The van der Waals surface area contributed by atoms with Crippen molar-refractivity contribution in [2.24, 2.45) is 11.3 Å². The Kier molecular flexibility index (Phi) is 8.99. The van der Waals surface area contributed by atoms with Gasteiger partial charge in [-0.1, -0.05) is 42.5 Å². The number of amides is 3. The zero-order chi connectivity index (χ0) is 28.6. The number of carbonyl (C=O) groups excluding carboxylic acids is 2. The van der Waals surface area contributed by atoms with Crippen LogP contribution < -0.4 is 4.74 Å². The molecule has 10 heteroatoms. The average Bonchev–Trinajstić information content (AvgIpc) is 3.66. The number of alkyl halides is 2. The van der Waals surface area contributed by atoms with Gasteiger partial charge in [-0.3, -0.25) is 4.79 Å². The minimum atomic E-state index is -2.79. The summed E-state index contributed by atoms with van der Waals surface area (Å²) in [6.07, 6.45) is 2.33. The van der Waals surface area contributed by atoms with Gasteiger partial charge in [0.25, 0.3) is 5.92 Å². The summed E-state index contributed by atoms with van der Waals surface area (Å²) < 4.78 is 32.9. The van der Waals surface area contributed by atoms with Crippen LogP contribution in [0.5, 0.6) is 5.75 Å². The predicted molar refractivity (Wildman–Crippen MR) is 159 cm³/mol. The molecule has 4 aliphatic rings. The highest BCUT2D eigenvalue weighted by Gasteiger charge is 2.49. The number of rotatable bonds is 6. The van der Waals surface area contributed by atoms with Crippen molar-refractivity contribution in [3.63, 3.8) is 0 Å². The fourth-order valence-corrected chi connectivity index (χ4v) is 7.34. The van der Waals surface area contributed by atoms with Crippen molar-refractivity contribution in [2.75, 3.05) is 59.5 Å². The number of ether oxygens (including phenoxy) is 1. The lowest BCUT2D eigenvalue weighted by Gasteiger charge is -2.39. The molecule has 0 bridgehead atoms. The fourth-order valence-electron chi connectivity index (χ4n) is 7.34. The second-order valence-electron chi connectivity index (χ2n) is 12.4. The maximum atomic E-state index is 13.8. The van der Waals surface area contributed by atoms with E-state index in [-0.39, 0.29) is 54.6 Å². The van der Waals surface area contributed by atoms with Crippen molar-refractivity contribution >= 4 is 24.3 Å². The first-order chi connectivity index (χ1) is 19.7. The van der Waals surface area contributed by atoms with Gasteiger partial charge in [-0.2, -0.15) is 0 Å². The third kappa shape index (κ3) is 6.23. The van der Waals surface area contributed by atoms with Crippen molar-refractivity contribution in [1.82, 2.24) is 19.6 Å². The molecule has 0 saturated carbocycles. The van der Waals surface area contributed by atoms with Gasteiger partial charge in [0, 0.05) is 51.6 Å². The quantitative estimate of drug-likeness (QED) is 0.461. The molecule has 1 spiro atoms. The van der Waals surface area contributed by atoms with Gasteiger partial charge >= 0.3 is 6.03 Å². The molecule has 228 valence electrons. The maximum Gasteiger partial charge on any atom is 0.320 e. The lowest BCUT2D eigenvalue weighted by Crippen LogP contribution is -2.46. The van der Waals surface area contributed by atoms with Gasteiger partial charge < -0.3 is 24.3 Å². The second kappa shape index (κ2) is 12.4. The lowest BCUT2D eigenvalue weighted by atomic mass is 9.76. The van der Waals surface area contributed by atoms with Gasteiger partial charge in [-0.25, -0.2) is 13.6 Å². The summed E-state index contributed by atoms with van der Waals surface area (Å²) >= 11 is 0. The Morgan fingerprint density at radius 1 is 0.905 bits per heavy atom. The minimum Gasteiger partial charge on any atom is -0.497 e. The van der Waals surface area contributed by atoms with Crippen LogP contribution in [-0.2, 0) is 11.3 Å². The number of carbonyl (C=O) groups is 2. The molecule has 0 unspecified atom stereocenters. The summed E-state index contributed by atoms with van der Waals surface area (Å²) in [7, 11) is 1.65. The largest absolute Gasteiger partial charge is 0.497 e. The molecule has 2 aromatic carbocycles. The van der Waals surface area contributed by atoms with Crippen molar-refractivity contribution in [3.8, 4) is 5.75 Å². The molecule has 0 N–H and O–H groups in total. The highest BCUT2D eigenvalue weighted by atomic mass is 35.5. The number of likely N-dealkylation sites (tertiary alicyclic amines) is 4. The second-order valence-corrected chi connectivity index (χ2v) is 12.4. The standard InChI is InChI=1S/C32H40F2N4O3.ClH/c1-41-27-9-7-24(8-10-27)19-36-17-13-31(29(36)39)11-15-35(16-12-31)20-26-21-38(22-28(26)25-5-3-2-4-6-25)30(40)37-18-14-32(33,34)23-37;/h2-10,26,28H,11-23H2,1H3;1H/t26-,28+;/m0./s1. The molecule has 3 amide bonds. The van der Waals surface area contributed by atoms with Crippen molar-refractivity contribution < 1.29 is 23.1 Å². The Bertz CT molecular complexity index is 1240. The van der Waals surface area contributed by atoms with Gasteiger partial charge in [0.1, 0.15) is 5.75 Å². The van der Waals surface area contributed by atoms with Gasteiger partial charge in [-0.05, 0) is 61.5 Å². The molecule has 4 fully saturated rings. The van der Waals surface area contributed by atoms with E-state index in [1.807, 2.05) is 47.4 Å². The van der Waals surface area contributed by atoms with E-state index in [4.69, 9.17) is 4.74 Å². The van der Waals surface area contributed by atoms with E-state index < -0.39 is 12.5 Å². The molecule has 2 aromatic rings. The molecule has 42 heavy (non-hydrogen) atoms. The Morgan fingerprint density at radius 2 is 1.60 bits per heavy atom. The van der Waals surface area contributed by atoms with Gasteiger partial charge in [0.2, 0.25) is 5.91 Å². The number of hydrogen-bond donors (Lipinski definition) is 0. The number of hydrogen-bond acceptors (Lipinski definition) is 4. The monoisotopic (exact) mass is 602 g/mol. The fraction of sp³-hybridized carbons (Fsp3) is 0.562. The van der Waals surface area contributed by atoms with Crippen LogP contribution in [-0.4, -0.2) is 96.9 Å². The summed E-state index contributed by atoms with van der Waals surface area (Å²) in [5.74, 6) is -1.33. The predicted octanol–water partition coefficient (Wildman–Crippen LogP) is 5.11. The third-order valence-corrected chi connectivity index (χ3v) is 9.82. The zero-order valence-electron chi connectivity index (χ0n) is 24.2. The molecule has 2 atom stereocenters. The van der Waals surface area contributed by atoms with Crippen LogP contribution >= 0.6 is 12.4 Å². The van der Waals surface area contributed by atoms with Crippen molar-refractivity contribution in [2.45, 2.75) is 44.1 Å². The van der Waals surface area contributed by atoms with Crippen molar-refractivity contribution in [3.05, 3.63) is 65.7 Å². The highest BCUT2D eigenvalue weighted by molar-refractivity contribution is 5.85. The SMILES string of the molecule is COc1ccc(CN2CCC3(CCN(C[C@H]4CN(C(=O)N5CCC(F)(F)C5)C[C@@H]4c4ccccc4)CC3)C2=O)cc1.Cl. The third-order valence-electron chi connectivity index (χ3n) is 9.82. The molecule has 4 heterocycles. The van der Waals surface area contributed by atoms with Crippen LogP contribution in [0.4, 0.5) is 13.6 Å². The number of nitrogens with zero attached hydrogens (tertiary/aromatic N) is 4. The molecule has 0 aromatic heterocycles. The average molecular weight is 603 g/mol. The summed E-state index contributed by atoms with van der Waals surface area (Å²) in [5, 5.41) is 0. The molecular formula is C32H41ClF2N4O3. The van der Waals surface area contributed by atoms with Crippen LogP contribution in [0.15, 0.2) is 54.6 Å². The smallest absolute Gasteiger partial charge is 0.320 e. The molecule has 4 saturated heterocycles. The first-order valence-electron chi connectivity index (χ1n) is 14.9. The molecule has 7 nitrogen and oxygen atoms in total. The van der Waals surface area contributed by atoms with E-state index in [1.54, 1.807) is 12.0 Å². The minimum absolute atomic E-state index is 0. The number of halogens is 3. The topological polar surface area (TPSA) is 56.3 Å². The Morgan fingerprint density at radius 3 is 2.24 bits per heavy atom. The van der Waals surface area contributed by atoms with Crippen LogP contribution in [0.2, 0.25) is 0 Å². The highest BCUT2D eigenvalue weighted by Crippen LogP contribution is 2.43. The Labute approximate surface area is 253 Å². The Hall–Kier alpha value is -2.91. The number of piperidine rings is 1. The van der Waals surface area contributed by atoms with Crippen LogP contribution in [0, 0.1) is 11.3 Å². The van der Waals surface area contributed by atoms with Gasteiger partial charge in [0.05, 0.1) is 19.1 Å². The summed E-state index contributed by atoms with van der Waals surface area (Å²) in [4.78, 5) is 34.3. The number of urea groups is 1. The molecule has 6 rings (SSSR count). The van der Waals surface area contributed by atoms with E-state index in [1.165, 1.54) is 10.5 Å². The van der Waals surface area contributed by atoms with E-state index >= 15 is 0 Å². The summed E-state index contributed by atoms with van der Waals surface area (Å²) in [6, 6.07) is 17.9. The molecule has 4 aliphatic heterocycles. The van der Waals surface area contributed by atoms with E-state index in [0.29, 0.717) is 19.6 Å². The van der Waals surface area contributed by atoms with Gasteiger partial charge in [-0.15, -0.1) is 12.4 Å². The Balaban J connectivity index is 0.00000353. The molecule has 0 radical (unpaired) electrons. The maximum absolute atomic E-state index is 13.8. The lowest BCUT2D eigenvalue weighted by molar-refractivity contribution is -0.139. The number of benzene rings is 2. The van der Waals surface area contributed by atoms with Crippen LogP contribution in [0.3, 0.4) is 0 Å². The van der Waals surface area contributed by atoms with Crippen LogP contribution in [0.1, 0.15) is 42.7 Å². The normalized spacial score (nSPS) is 25.2. The van der Waals surface area contributed by atoms with Crippen molar-refractivity contribution in [1.29, 1.82) is 0 Å². The van der Waals surface area contributed by atoms with Crippen LogP contribution in [0.25, 0.3) is 0 Å². The molecular weight excluding hydrogens is 562 g/mol. The molecule has 0 aliphatic carbocycles. The zero-order valence-corrected chi connectivity index (χ0v) is 25.0. The number of methoxy groups -OCH3 is 1. The first kappa shape index (κ1) is 30.5. The summed E-state index contributed by atoms with van der Waals surface area (Å²) in [6.45, 7) is 4.70. The van der Waals surface area contributed by atoms with Gasteiger partial charge in [0.15, 0.2) is 0 Å².